The van der Waals surface area contributed by atoms with Crippen LogP contribution in [0.3, 0.4) is 0 Å². The van der Waals surface area contributed by atoms with Gasteiger partial charge in [0.05, 0.1) is 0 Å². The highest BCUT2D eigenvalue weighted by atomic mass is 16.5. The summed E-state index contributed by atoms with van der Waals surface area (Å²) in [5.41, 5.74) is 1.88. The summed E-state index contributed by atoms with van der Waals surface area (Å²) in [4.78, 5) is 23.2. The van der Waals surface area contributed by atoms with Crippen LogP contribution in [-0.2, 0) is 11.2 Å². The zero-order valence-electron chi connectivity index (χ0n) is 13.4. The van der Waals surface area contributed by atoms with Gasteiger partial charge in [0, 0.05) is 23.9 Å². The summed E-state index contributed by atoms with van der Waals surface area (Å²) < 4.78 is 10.4. The highest BCUT2D eigenvalue weighted by Crippen LogP contribution is 2.25. The molecule has 0 atom stereocenters. The molecule has 4 heteroatoms. The van der Waals surface area contributed by atoms with E-state index in [1.807, 2.05) is 13.0 Å². The lowest BCUT2D eigenvalue weighted by atomic mass is 10.0. The number of benzene rings is 1. The van der Waals surface area contributed by atoms with Crippen LogP contribution in [0, 0.1) is 6.92 Å². The van der Waals surface area contributed by atoms with Gasteiger partial charge in [-0.2, -0.15) is 0 Å². The second-order valence-corrected chi connectivity index (χ2v) is 5.56. The molecule has 0 radical (unpaired) electrons. The van der Waals surface area contributed by atoms with E-state index in [2.05, 4.69) is 6.92 Å². The van der Waals surface area contributed by atoms with Gasteiger partial charge in [0.25, 0.3) is 0 Å². The normalized spacial score (nSPS) is 10.9. The fourth-order valence-corrected chi connectivity index (χ4v) is 2.62. The quantitative estimate of drug-likeness (QED) is 0.348. The van der Waals surface area contributed by atoms with Crippen LogP contribution in [-0.4, -0.2) is 5.97 Å². The fraction of sp³-hybridized carbons (Fsp3) is 0.444. The van der Waals surface area contributed by atoms with E-state index in [-0.39, 0.29) is 5.63 Å². The number of aryl methyl sites for hydroxylation is 1. The topological polar surface area (TPSA) is 56.5 Å². The Bertz CT molecular complexity index is 728. The molecular weight excluding hydrogens is 280 g/mol. The SMILES string of the molecule is CCCCCCc1c(C)c2ccc(OC(C)=O)cc2oc1=O. The predicted molar refractivity (Wildman–Crippen MR) is 86.4 cm³/mol. The minimum absolute atomic E-state index is 0.290. The smallest absolute Gasteiger partial charge is 0.339 e. The maximum absolute atomic E-state index is 12.2. The van der Waals surface area contributed by atoms with E-state index < -0.39 is 5.97 Å². The largest absolute Gasteiger partial charge is 0.427 e. The summed E-state index contributed by atoms with van der Waals surface area (Å²) in [6.07, 6.45) is 5.22. The number of esters is 1. The molecule has 0 aliphatic rings. The number of carbonyl (C=O) groups excluding carboxylic acids is 1. The molecule has 0 aliphatic heterocycles. The Morgan fingerprint density at radius 1 is 1.23 bits per heavy atom. The number of fused-ring (bicyclic) bond motifs is 1. The highest BCUT2D eigenvalue weighted by Gasteiger charge is 2.12. The van der Waals surface area contributed by atoms with Crippen LogP contribution in [0.4, 0.5) is 0 Å². The van der Waals surface area contributed by atoms with Crippen molar-refractivity contribution < 1.29 is 13.9 Å². The standard InChI is InChI=1S/C18H22O4/c1-4-5-6-7-8-16-12(2)15-10-9-14(21-13(3)19)11-17(15)22-18(16)20/h9-11H,4-8H2,1-3H3. The zero-order valence-corrected chi connectivity index (χ0v) is 13.4. The third-order valence-corrected chi connectivity index (χ3v) is 3.80. The molecule has 1 aromatic carbocycles. The Labute approximate surface area is 130 Å². The van der Waals surface area contributed by atoms with Crippen molar-refractivity contribution in [3.63, 3.8) is 0 Å². The first kappa shape index (κ1) is 16.3. The second-order valence-electron chi connectivity index (χ2n) is 5.56. The molecule has 0 saturated heterocycles. The molecule has 0 unspecified atom stereocenters. The van der Waals surface area contributed by atoms with E-state index in [1.54, 1.807) is 12.1 Å². The van der Waals surface area contributed by atoms with Crippen molar-refractivity contribution in [1.82, 2.24) is 0 Å². The highest BCUT2D eigenvalue weighted by molar-refractivity contribution is 5.83. The van der Waals surface area contributed by atoms with Gasteiger partial charge in [0.15, 0.2) is 0 Å². The van der Waals surface area contributed by atoms with Crippen LogP contribution >= 0.6 is 0 Å². The van der Waals surface area contributed by atoms with Crippen molar-refractivity contribution >= 4 is 16.9 Å². The van der Waals surface area contributed by atoms with E-state index >= 15 is 0 Å². The molecular formula is C18H22O4. The molecule has 0 spiro atoms. The lowest BCUT2D eigenvalue weighted by Crippen LogP contribution is -2.10. The lowest BCUT2D eigenvalue weighted by molar-refractivity contribution is -0.131. The van der Waals surface area contributed by atoms with Crippen LogP contribution in [0.2, 0.25) is 0 Å². The second kappa shape index (κ2) is 7.25. The Balaban J connectivity index is 2.33. The van der Waals surface area contributed by atoms with Gasteiger partial charge >= 0.3 is 11.6 Å². The predicted octanol–water partition coefficient (Wildman–Crippen LogP) is 4.15. The molecule has 2 rings (SSSR count). The first-order chi connectivity index (χ1) is 10.5. The number of carbonyl (C=O) groups is 1. The van der Waals surface area contributed by atoms with Crippen molar-refractivity contribution in [3.8, 4) is 5.75 Å². The van der Waals surface area contributed by atoms with Gasteiger partial charge in [-0.1, -0.05) is 26.2 Å². The summed E-state index contributed by atoms with van der Waals surface area (Å²) in [5, 5.41) is 0.890. The lowest BCUT2D eigenvalue weighted by Gasteiger charge is -2.09. The molecule has 2 aromatic rings. The minimum Gasteiger partial charge on any atom is -0.427 e. The van der Waals surface area contributed by atoms with Gasteiger partial charge in [0.2, 0.25) is 0 Å². The molecule has 1 aromatic heterocycles. The van der Waals surface area contributed by atoms with E-state index in [9.17, 15) is 9.59 Å². The van der Waals surface area contributed by atoms with Crippen LogP contribution in [0.5, 0.6) is 5.75 Å². The number of rotatable bonds is 6. The number of hydrogen-bond donors (Lipinski definition) is 0. The summed E-state index contributed by atoms with van der Waals surface area (Å²) in [6.45, 7) is 5.45. The number of hydrogen-bond acceptors (Lipinski definition) is 4. The van der Waals surface area contributed by atoms with E-state index in [1.165, 1.54) is 19.8 Å². The number of ether oxygens (including phenoxy) is 1. The molecule has 0 N–H and O–H groups in total. The maximum Gasteiger partial charge on any atom is 0.339 e. The van der Waals surface area contributed by atoms with Gasteiger partial charge in [-0.3, -0.25) is 4.79 Å². The third kappa shape index (κ3) is 3.75. The maximum atomic E-state index is 12.2. The summed E-state index contributed by atoms with van der Waals surface area (Å²) in [7, 11) is 0. The van der Waals surface area contributed by atoms with Gasteiger partial charge in [-0.05, 0) is 37.5 Å². The van der Waals surface area contributed by atoms with Gasteiger partial charge < -0.3 is 9.15 Å². The molecule has 0 saturated carbocycles. The number of unbranched alkanes of at least 4 members (excludes halogenated alkanes) is 3. The van der Waals surface area contributed by atoms with Crippen molar-refractivity contribution in [3.05, 3.63) is 39.7 Å². The fourth-order valence-electron chi connectivity index (χ4n) is 2.62. The first-order valence-corrected chi connectivity index (χ1v) is 7.77. The van der Waals surface area contributed by atoms with Gasteiger partial charge in [-0.15, -0.1) is 0 Å². The molecule has 0 bridgehead atoms. The Morgan fingerprint density at radius 2 is 2.00 bits per heavy atom. The van der Waals surface area contributed by atoms with Crippen LogP contribution in [0.15, 0.2) is 27.4 Å². The Kier molecular flexibility index (Phi) is 5.36. The molecule has 0 aliphatic carbocycles. The summed E-state index contributed by atoms with van der Waals surface area (Å²) >= 11 is 0. The van der Waals surface area contributed by atoms with Crippen molar-refractivity contribution in [2.24, 2.45) is 0 Å². The van der Waals surface area contributed by atoms with E-state index in [4.69, 9.17) is 9.15 Å². The molecule has 4 nitrogen and oxygen atoms in total. The van der Waals surface area contributed by atoms with Crippen LogP contribution < -0.4 is 10.4 Å². The molecule has 1 heterocycles. The van der Waals surface area contributed by atoms with Gasteiger partial charge in [-0.25, -0.2) is 4.79 Å². The third-order valence-electron chi connectivity index (χ3n) is 3.80. The van der Waals surface area contributed by atoms with Crippen LogP contribution in [0.1, 0.15) is 50.7 Å². The van der Waals surface area contributed by atoms with Gasteiger partial charge in [0.1, 0.15) is 11.3 Å². The zero-order chi connectivity index (χ0) is 16.1. The summed E-state index contributed by atoms with van der Waals surface area (Å²) in [6, 6.07) is 5.14. The molecule has 0 amide bonds. The molecule has 118 valence electrons. The van der Waals surface area contributed by atoms with E-state index in [0.717, 1.165) is 35.8 Å². The average Bonchev–Trinajstić information content (AvgIpc) is 2.45. The average molecular weight is 302 g/mol. The molecule has 0 fully saturated rings. The van der Waals surface area contributed by atoms with Crippen molar-refractivity contribution in [2.75, 3.05) is 0 Å². The van der Waals surface area contributed by atoms with Crippen molar-refractivity contribution in [2.45, 2.75) is 52.9 Å². The Hall–Kier alpha value is -2.10. The molecule has 22 heavy (non-hydrogen) atoms. The first-order valence-electron chi connectivity index (χ1n) is 7.77. The monoisotopic (exact) mass is 302 g/mol. The minimum atomic E-state index is -0.397. The Morgan fingerprint density at radius 3 is 2.68 bits per heavy atom. The van der Waals surface area contributed by atoms with E-state index in [0.29, 0.717) is 11.3 Å². The van der Waals surface area contributed by atoms with Crippen LogP contribution in [0.25, 0.3) is 11.0 Å². The summed E-state index contributed by atoms with van der Waals surface area (Å²) in [5.74, 6) is -0.00999. The van der Waals surface area contributed by atoms with Crippen molar-refractivity contribution in [1.29, 1.82) is 0 Å².